The summed E-state index contributed by atoms with van der Waals surface area (Å²) in [6.45, 7) is 2.44. The molecule has 0 spiro atoms. The number of aryl methyl sites for hydroxylation is 1. The summed E-state index contributed by atoms with van der Waals surface area (Å²) >= 11 is 1.26. The van der Waals surface area contributed by atoms with Crippen molar-refractivity contribution in [2.75, 3.05) is 11.1 Å². The van der Waals surface area contributed by atoms with Crippen LogP contribution in [-0.2, 0) is 11.3 Å². The first kappa shape index (κ1) is 20.6. The van der Waals surface area contributed by atoms with Crippen molar-refractivity contribution in [2.24, 2.45) is 0 Å². The topological polar surface area (TPSA) is 88.4 Å². The Morgan fingerprint density at radius 2 is 1.74 bits per heavy atom. The SMILES string of the molecule is Cc1ccc(NC(=O)CSc2nnc3ccc(C(=O)NCc4ccccc4)cn23)cc1. The summed E-state index contributed by atoms with van der Waals surface area (Å²) in [5.41, 5.74) is 4.01. The number of anilines is 1. The van der Waals surface area contributed by atoms with Crippen LogP contribution in [0.15, 0.2) is 78.1 Å². The van der Waals surface area contributed by atoms with Gasteiger partial charge in [-0.2, -0.15) is 0 Å². The summed E-state index contributed by atoms with van der Waals surface area (Å²) in [6.07, 6.45) is 1.69. The minimum Gasteiger partial charge on any atom is -0.348 e. The van der Waals surface area contributed by atoms with E-state index < -0.39 is 0 Å². The quantitative estimate of drug-likeness (QED) is 0.436. The molecule has 0 saturated carbocycles. The summed E-state index contributed by atoms with van der Waals surface area (Å²) in [5, 5.41) is 14.6. The first-order chi connectivity index (χ1) is 15.1. The van der Waals surface area contributed by atoms with Gasteiger partial charge in [0.15, 0.2) is 10.8 Å². The molecule has 0 radical (unpaired) electrons. The number of nitrogens with one attached hydrogen (secondary N) is 2. The smallest absolute Gasteiger partial charge is 0.253 e. The van der Waals surface area contributed by atoms with E-state index in [4.69, 9.17) is 0 Å². The van der Waals surface area contributed by atoms with Crippen LogP contribution in [0.1, 0.15) is 21.5 Å². The lowest BCUT2D eigenvalue weighted by molar-refractivity contribution is -0.113. The molecule has 0 bridgehead atoms. The number of carbonyl (C=O) groups is 2. The molecular weight excluding hydrogens is 410 g/mol. The molecule has 0 fully saturated rings. The number of aromatic nitrogens is 3. The van der Waals surface area contributed by atoms with Crippen molar-refractivity contribution < 1.29 is 9.59 Å². The van der Waals surface area contributed by atoms with E-state index in [1.807, 2.05) is 61.5 Å². The van der Waals surface area contributed by atoms with Crippen molar-refractivity contribution in [3.8, 4) is 0 Å². The van der Waals surface area contributed by atoms with Crippen LogP contribution in [0.5, 0.6) is 0 Å². The number of carbonyl (C=O) groups excluding carboxylic acids is 2. The fourth-order valence-electron chi connectivity index (χ4n) is 2.95. The molecule has 2 amide bonds. The van der Waals surface area contributed by atoms with E-state index >= 15 is 0 Å². The van der Waals surface area contributed by atoms with Gasteiger partial charge in [0, 0.05) is 18.4 Å². The predicted octanol–water partition coefficient (Wildman–Crippen LogP) is 3.70. The maximum absolute atomic E-state index is 12.6. The zero-order chi connectivity index (χ0) is 21.6. The average Bonchev–Trinajstić information content (AvgIpc) is 3.20. The number of benzene rings is 2. The normalized spacial score (nSPS) is 10.7. The van der Waals surface area contributed by atoms with Gasteiger partial charge < -0.3 is 10.6 Å². The van der Waals surface area contributed by atoms with Crippen molar-refractivity contribution in [2.45, 2.75) is 18.6 Å². The highest BCUT2D eigenvalue weighted by atomic mass is 32.2. The summed E-state index contributed by atoms with van der Waals surface area (Å²) in [7, 11) is 0. The van der Waals surface area contributed by atoms with E-state index in [-0.39, 0.29) is 17.6 Å². The number of hydrogen-bond donors (Lipinski definition) is 2. The zero-order valence-corrected chi connectivity index (χ0v) is 17.7. The Kier molecular flexibility index (Phi) is 6.28. The highest BCUT2D eigenvalue weighted by Gasteiger charge is 2.12. The number of fused-ring (bicyclic) bond motifs is 1. The number of pyridine rings is 1. The molecule has 2 N–H and O–H groups in total. The van der Waals surface area contributed by atoms with Gasteiger partial charge in [-0.1, -0.05) is 59.8 Å². The lowest BCUT2D eigenvalue weighted by Gasteiger charge is -2.07. The molecular formula is C23H21N5O2S. The summed E-state index contributed by atoms with van der Waals surface area (Å²) in [6, 6.07) is 20.8. The summed E-state index contributed by atoms with van der Waals surface area (Å²) in [5.74, 6) is -0.145. The maximum Gasteiger partial charge on any atom is 0.253 e. The molecule has 2 aromatic carbocycles. The van der Waals surface area contributed by atoms with Crippen molar-refractivity contribution in [3.05, 3.63) is 89.6 Å². The van der Waals surface area contributed by atoms with Crippen LogP contribution >= 0.6 is 11.8 Å². The fraction of sp³-hybridized carbons (Fsp3) is 0.130. The molecule has 0 atom stereocenters. The Labute approximate surface area is 183 Å². The molecule has 4 rings (SSSR count). The largest absolute Gasteiger partial charge is 0.348 e. The molecule has 0 aliphatic carbocycles. The van der Waals surface area contributed by atoms with Crippen molar-refractivity contribution in [3.63, 3.8) is 0 Å². The van der Waals surface area contributed by atoms with E-state index in [0.29, 0.717) is 22.9 Å². The number of nitrogens with zero attached hydrogens (tertiary/aromatic N) is 3. The Hall–Kier alpha value is -3.65. The zero-order valence-electron chi connectivity index (χ0n) is 16.9. The van der Waals surface area contributed by atoms with E-state index in [1.54, 1.807) is 22.7 Å². The fourth-order valence-corrected chi connectivity index (χ4v) is 3.66. The van der Waals surface area contributed by atoms with Gasteiger partial charge in [0.25, 0.3) is 5.91 Å². The number of rotatable bonds is 7. The van der Waals surface area contributed by atoms with E-state index in [0.717, 1.165) is 16.8 Å². The van der Waals surface area contributed by atoms with E-state index in [1.165, 1.54) is 11.8 Å². The van der Waals surface area contributed by atoms with Crippen LogP contribution in [0.3, 0.4) is 0 Å². The second-order valence-corrected chi connectivity index (χ2v) is 7.94. The van der Waals surface area contributed by atoms with Crippen LogP contribution in [0.2, 0.25) is 0 Å². The van der Waals surface area contributed by atoms with Gasteiger partial charge in [0.2, 0.25) is 5.91 Å². The molecule has 4 aromatic rings. The van der Waals surface area contributed by atoms with Crippen LogP contribution in [0, 0.1) is 6.92 Å². The molecule has 0 aliphatic heterocycles. The highest BCUT2D eigenvalue weighted by molar-refractivity contribution is 7.99. The molecule has 2 aromatic heterocycles. The molecule has 156 valence electrons. The van der Waals surface area contributed by atoms with Gasteiger partial charge >= 0.3 is 0 Å². The van der Waals surface area contributed by atoms with Crippen LogP contribution < -0.4 is 10.6 Å². The predicted molar refractivity (Wildman–Crippen MR) is 121 cm³/mol. The van der Waals surface area contributed by atoms with Crippen molar-refractivity contribution in [1.29, 1.82) is 0 Å². The second kappa shape index (κ2) is 9.44. The van der Waals surface area contributed by atoms with E-state index in [9.17, 15) is 9.59 Å². The van der Waals surface area contributed by atoms with Gasteiger partial charge in [0.05, 0.1) is 11.3 Å². The third-order valence-electron chi connectivity index (χ3n) is 4.60. The molecule has 0 unspecified atom stereocenters. The third-order valence-corrected chi connectivity index (χ3v) is 5.54. The minimum absolute atomic E-state index is 0.137. The van der Waals surface area contributed by atoms with Gasteiger partial charge in [-0.15, -0.1) is 10.2 Å². The first-order valence-electron chi connectivity index (χ1n) is 9.75. The van der Waals surface area contributed by atoms with Crippen molar-refractivity contribution >= 4 is 34.9 Å². The van der Waals surface area contributed by atoms with Gasteiger partial charge in [-0.25, -0.2) is 0 Å². The lowest BCUT2D eigenvalue weighted by Crippen LogP contribution is -2.23. The van der Waals surface area contributed by atoms with Gasteiger partial charge in [-0.3, -0.25) is 14.0 Å². The number of amides is 2. The molecule has 0 aliphatic rings. The molecule has 0 saturated heterocycles. The highest BCUT2D eigenvalue weighted by Crippen LogP contribution is 2.18. The monoisotopic (exact) mass is 431 g/mol. The van der Waals surface area contributed by atoms with Crippen molar-refractivity contribution in [1.82, 2.24) is 19.9 Å². The standard InChI is InChI=1S/C23H21N5O2S/c1-16-7-10-19(11-8-16)25-21(29)15-31-23-27-26-20-12-9-18(14-28(20)23)22(30)24-13-17-5-3-2-4-6-17/h2-12,14H,13,15H2,1H3,(H,24,30)(H,25,29). The van der Waals surface area contributed by atoms with Crippen LogP contribution in [0.25, 0.3) is 5.65 Å². The Balaban J connectivity index is 1.40. The summed E-state index contributed by atoms with van der Waals surface area (Å²) < 4.78 is 1.72. The van der Waals surface area contributed by atoms with Gasteiger partial charge in [0.1, 0.15) is 0 Å². The molecule has 7 nitrogen and oxygen atoms in total. The average molecular weight is 432 g/mol. The number of hydrogen-bond acceptors (Lipinski definition) is 5. The second-order valence-electron chi connectivity index (χ2n) is 7.00. The van der Waals surface area contributed by atoms with E-state index in [2.05, 4.69) is 20.8 Å². The van der Waals surface area contributed by atoms with Crippen LogP contribution in [-0.4, -0.2) is 32.2 Å². The first-order valence-corrected chi connectivity index (χ1v) is 10.7. The number of thioether (sulfide) groups is 1. The Morgan fingerprint density at radius 3 is 2.52 bits per heavy atom. The Morgan fingerprint density at radius 1 is 0.968 bits per heavy atom. The van der Waals surface area contributed by atoms with Gasteiger partial charge in [-0.05, 0) is 36.8 Å². The molecule has 31 heavy (non-hydrogen) atoms. The maximum atomic E-state index is 12.6. The van der Waals surface area contributed by atoms with Crippen LogP contribution in [0.4, 0.5) is 5.69 Å². The lowest BCUT2D eigenvalue weighted by atomic mass is 10.2. The third kappa shape index (κ3) is 5.29. The summed E-state index contributed by atoms with van der Waals surface area (Å²) in [4.78, 5) is 24.8. The minimum atomic E-state index is -0.187. The molecule has 8 heteroatoms. The Bertz CT molecular complexity index is 1210. The molecule has 2 heterocycles.